The number of rotatable bonds is 3. The van der Waals surface area contributed by atoms with Crippen molar-refractivity contribution >= 4 is 50.1 Å². The third kappa shape index (κ3) is 3.94. The first kappa shape index (κ1) is 19.5. The van der Waals surface area contributed by atoms with Crippen molar-refractivity contribution in [1.82, 2.24) is 19.9 Å². The molecule has 0 bridgehead atoms. The maximum atomic E-state index is 13.1. The third-order valence-corrected chi connectivity index (χ3v) is 7.16. The van der Waals surface area contributed by atoms with Crippen molar-refractivity contribution in [2.75, 3.05) is 49.1 Å². The van der Waals surface area contributed by atoms with Crippen LogP contribution in [0, 0.1) is 5.92 Å². The van der Waals surface area contributed by atoms with Gasteiger partial charge in [0.05, 0.1) is 5.02 Å². The first-order valence-electron chi connectivity index (χ1n) is 10.3. The second-order valence-corrected chi connectivity index (χ2v) is 9.12. The summed E-state index contributed by atoms with van der Waals surface area (Å²) in [5, 5.41) is 1.64. The van der Waals surface area contributed by atoms with E-state index in [1.165, 1.54) is 0 Å². The van der Waals surface area contributed by atoms with Crippen LogP contribution in [0.4, 0.5) is 10.9 Å². The Morgan fingerprint density at radius 2 is 1.80 bits per heavy atom. The summed E-state index contributed by atoms with van der Waals surface area (Å²) in [7, 11) is 0. The molecule has 1 amide bonds. The Morgan fingerprint density at radius 3 is 2.50 bits per heavy atom. The quantitative estimate of drug-likeness (QED) is 0.620. The van der Waals surface area contributed by atoms with Crippen LogP contribution in [0.15, 0.2) is 36.7 Å². The second kappa shape index (κ2) is 8.35. The molecule has 0 aromatic carbocycles. The largest absolute Gasteiger partial charge is 0.357 e. The van der Waals surface area contributed by atoms with Crippen molar-refractivity contribution in [3.63, 3.8) is 0 Å². The summed E-state index contributed by atoms with van der Waals surface area (Å²) >= 11 is 7.55. The maximum absolute atomic E-state index is 13.1. The van der Waals surface area contributed by atoms with E-state index < -0.39 is 0 Å². The number of piperazine rings is 1. The van der Waals surface area contributed by atoms with Crippen LogP contribution in [0.5, 0.6) is 0 Å². The number of aromatic nitrogens is 3. The van der Waals surface area contributed by atoms with Gasteiger partial charge in [-0.05, 0) is 37.1 Å². The molecule has 2 aliphatic rings. The zero-order valence-electron chi connectivity index (χ0n) is 16.6. The minimum Gasteiger partial charge on any atom is -0.357 e. The van der Waals surface area contributed by atoms with Crippen LogP contribution < -0.4 is 9.80 Å². The van der Waals surface area contributed by atoms with Gasteiger partial charge in [-0.25, -0.2) is 15.0 Å². The van der Waals surface area contributed by atoms with E-state index in [1.54, 1.807) is 23.7 Å². The fraction of sp³-hybridized carbons (Fsp3) is 0.429. The average Bonchev–Trinajstić information content (AvgIpc) is 3.24. The molecule has 0 saturated carbocycles. The minimum atomic E-state index is 0.103. The van der Waals surface area contributed by atoms with Gasteiger partial charge in [-0.3, -0.25) is 4.79 Å². The number of thiazole rings is 1. The molecule has 0 aliphatic carbocycles. The summed E-state index contributed by atoms with van der Waals surface area (Å²) in [5.41, 5.74) is 0.943. The third-order valence-electron chi connectivity index (χ3n) is 5.90. The van der Waals surface area contributed by atoms with E-state index in [-0.39, 0.29) is 5.92 Å². The summed E-state index contributed by atoms with van der Waals surface area (Å²) < 4.78 is 0. The zero-order chi connectivity index (χ0) is 20.5. The number of pyridine rings is 2. The molecule has 0 radical (unpaired) electrons. The van der Waals surface area contributed by atoms with Crippen molar-refractivity contribution in [2.24, 2.45) is 5.92 Å². The Kier molecular flexibility index (Phi) is 5.43. The number of fused-ring (bicyclic) bond motifs is 1. The highest BCUT2D eigenvalue weighted by molar-refractivity contribution is 7.21. The highest BCUT2D eigenvalue weighted by Crippen LogP contribution is 2.29. The molecule has 3 aromatic rings. The lowest BCUT2D eigenvalue weighted by Gasteiger charge is -2.38. The Bertz CT molecular complexity index is 992. The van der Waals surface area contributed by atoms with Gasteiger partial charge in [-0.2, -0.15) is 0 Å². The predicted octanol–water partition coefficient (Wildman–Crippen LogP) is 3.30. The molecule has 9 heteroatoms. The van der Waals surface area contributed by atoms with Gasteiger partial charge in [0.15, 0.2) is 5.13 Å². The lowest BCUT2D eigenvalue weighted by Crippen LogP contribution is -2.51. The van der Waals surface area contributed by atoms with E-state index in [0.29, 0.717) is 10.9 Å². The molecule has 0 spiro atoms. The molecule has 0 atom stereocenters. The van der Waals surface area contributed by atoms with E-state index in [4.69, 9.17) is 16.6 Å². The number of hydrogen-bond donors (Lipinski definition) is 0. The van der Waals surface area contributed by atoms with Crippen LogP contribution >= 0.6 is 22.9 Å². The number of piperidine rings is 1. The lowest BCUT2D eigenvalue weighted by molar-refractivity contribution is -0.136. The molecule has 156 valence electrons. The van der Waals surface area contributed by atoms with Gasteiger partial charge in [-0.1, -0.05) is 22.9 Å². The van der Waals surface area contributed by atoms with Crippen molar-refractivity contribution in [1.29, 1.82) is 0 Å². The SMILES string of the molecule is O=C(C1CCN(c2ccc(Cl)cn2)CC1)N1CCN(c2nc3cccnc3s2)CC1. The van der Waals surface area contributed by atoms with Crippen LogP contribution in [0.1, 0.15) is 12.8 Å². The molecule has 7 nitrogen and oxygen atoms in total. The van der Waals surface area contributed by atoms with Gasteiger partial charge < -0.3 is 14.7 Å². The highest BCUT2D eigenvalue weighted by Gasteiger charge is 2.31. The van der Waals surface area contributed by atoms with Crippen molar-refractivity contribution < 1.29 is 4.79 Å². The topological polar surface area (TPSA) is 65.5 Å². The lowest BCUT2D eigenvalue weighted by atomic mass is 9.95. The van der Waals surface area contributed by atoms with Crippen molar-refractivity contribution in [3.8, 4) is 0 Å². The number of anilines is 2. The highest BCUT2D eigenvalue weighted by atomic mass is 35.5. The molecule has 30 heavy (non-hydrogen) atoms. The van der Waals surface area contributed by atoms with Crippen molar-refractivity contribution in [2.45, 2.75) is 12.8 Å². The standard InChI is InChI=1S/C21H23ClN6OS/c22-16-3-4-18(24-14-16)26-8-5-15(6-9-26)20(29)27-10-12-28(13-11-27)21-25-17-2-1-7-23-19(17)30-21/h1-4,7,14-15H,5-6,8-13H2. The summed E-state index contributed by atoms with van der Waals surface area (Å²) in [6, 6.07) is 7.72. The van der Waals surface area contributed by atoms with E-state index in [0.717, 1.165) is 73.4 Å². The van der Waals surface area contributed by atoms with E-state index in [1.807, 2.05) is 29.2 Å². The molecule has 0 N–H and O–H groups in total. The van der Waals surface area contributed by atoms with Crippen LogP contribution in [-0.4, -0.2) is 65.0 Å². The van der Waals surface area contributed by atoms with Gasteiger partial charge in [0.1, 0.15) is 16.2 Å². The molecule has 2 fully saturated rings. The van der Waals surface area contributed by atoms with Crippen molar-refractivity contribution in [3.05, 3.63) is 41.7 Å². The average molecular weight is 443 g/mol. The van der Waals surface area contributed by atoms with Gasteiger partial charge >= 0.3 is 0 Å². The number of amides is 1. The second-order valence-electron chi connectivity index (χ2n) is 7.73. The Morgan fingerprint density at radius 1 is 1.00 bits per heavy atom. The first-order chi connectivity index (χ1) is 14.7. The van der Waals surface area contributed by atoms with Gasteiger partial charge in [0, 0.05) is 57.6 Å². The smallest absolute Gasteiger partial charge is 0.225 e. The number of nitrogens with zero attached hydrogens (tertiary/aromatic N) is 6. The minimum absolute atomic E-state index is 0.103. The van der Waals surface area contributed by atoms with E-state index in [2.05, 4.69) is 19.8 Å². The molecule has 0 unspecified atom stereocenters. The monoisotopic (exact) mass is 442 g/mol. The molecular weight excluding hydrogens is 420 g/mol. The number of hydrogen-bond acceptors (Lipinski definition) is 7. The molecule has 3 aromatic heterocycles. The first-order valence-corrected chi connectivity index (χ1v) is 11.5. The summed E-state index contributed by atoms with van der Waals surface area (Å²) in [4.78, 5) is 34.0. The summed E-state index contributed by atoms with van der Waals surface area (Å²) in [6.07, 6.45) is 5.21. The molecule has 5 rings (SSSR count). The summed E-state index contributed by atoms with van der Waals surface area (Å²) in [5.74, 6) is 1.33. The molecular formula is C21H23ClN6OS. The molecule has 2 saturated heterocycles. The maximum Gasteiger partial charge on any atom is 0.225 e. The van der Waals surface area contributed by atoms with Gasteiger partial charge in [0.2, 0.25) is 5.91 Å². The number of carbonyl (C=O) groups excluding carboxylic acids is 1. The fourth-order valence-corrected chi connectivity index (χ4v) is 5.25. The van der Waals surface area contributed by atoms with Gasteiger partial charge in [0.25, 0.3) is 0 Å². The van der Waals surface area contributed by atoms with Crippen LogP contribution in [-0.2, 0) is 4.79 Å². The Hall–Kier alpha value is -2.45. The van der Waals surface area contributed by atoms with E-state index in [9.17, 15) is 4.79 Å². The number of carbonyl (C=O) groups is 1. The van der Waals surface area contributed by atoms with E-state index >= 15 is 0 Å². The normalized spacial score (nSPS) is 18.2. The van der Waals surface area contributed by atoms with Gasteiger partial charge in [-0.15, -0.1) is 0 Å². The summed E-state index contributed by atoms with van der Waals surface area (Å²) in [6.45, 7) is 4.84. The zero-order valence-corrected chi connectivity index (χ0v) is 18.1. The molecule has 5 heterocycles. The fourth-order valence-electron chi connectivity index (χ4n) is 4.18. The predicted molar refractivity (Wildman–Crippen MR) is 120 cm³/mol. The van der Waals surface area contributed by atoms with Crippen LogP contribution in [0.2, 0.25) is 5.02 Å². The van der Waals surface area contributed by atoms with Crippen LogP contribution in [0.3, 0.4) is 0 Å². The molecule has 2 aliphatic heterocycles. The Balaban J connectivity index is 1.15. The number of halogens is 1. The Labute approximate surface area is 184 Å². The van der Waals surface area contributed by atoms with Crippen LogP contribution in [0.25, 0.3) is 10.3 Å².